The van der Waals surface area contributed by atoms with Crippen LogP contribution in [0.2, 0.25) is 0 Å². The van der Waals surface area contributed by atoms with Crippen LogP contribution in [0.3, 0.4) is 0 Å². The van der Waals surface area contributed by atoms with E-state index in [1.54, 1.807) is 14.0 Å². The Hall–Kier alpha value is -2.74. The van der Waals surface area contributed by atoms with Gasteiger partial charge in [-0.3, -0.25) is 4.79 Å². The summed E-state index contributed by atoms with van der Waals surface area (Å²) in [6, 6.07) is 10.4. The molecule has 8 heteroatoms. The summed E-state index contributed by atoms with van der Waals surface area (Å²) in [5.41, 5.74) is 0.617. The molecule has 3 aromatic rings. The third-order valence-corrected chi connectivity index (χ3v) is 5.73. The van der Waals surface area contributed by atoms with Gasteiger partial charge in [-0.15, -0.1) is 10.2 Å². The highest BCUT2D eigenvalue weighted by Gasteiger charge is 2.24. The summed E-state index contributed by atoms with van der Waals surface area (Å²) >= 11 is 1.19. The molecule has 0 aliphatic rings. The molecular weight excluding hydrogens is 408 g/mol. The Morgan fingerprint density at radius 2 is 1.90 bits per heavy atom. The van der Waals surface area contributed by atoms with Gasteiger partial charge in [-0.1, -0.05) is 25.1 Å². The first-order chi connectivity index (χ1) is 14.4. The molecule has 1 atom stereocenters. The highest BCUT2D eigenvalue weighted by atomic mass is 32.2. The Labute approximate surface area is 178 Å². The number of Topliss-reactive ketones (excluding diaryl/α,β-unsaturated/α-hetero) is 1. The van der Waals surface area contributed by atoms with Crippen molar-refractivity contribution in [3.05, 3.63) is 59.7 Å². The lowest BCUT2D eigenvalue weighted by molar-refractivity contribution is 0.0989. The average molecular weight is 432 g/mol. The molecule has 0 aliphatic carbocycles. The first kappa shape index (κ1) is 22.0. The Balaban J connectivity index is 1.88. The van der Waals surface area contributed by atoms with E-state index in [0.717, 1.165) is 42.4 Å². The molecule has 1 aromatic heterocycles. The van der Waals surface area contributed by atoms with Gasteiger partial charge in [0.05, 0.1) is 17.9 Å². The molecule has 1 heterocycles. The quantitative estimate of drug-likeness (QED) is 0.336. The molecule has 2 aromatic carbocycles. The molecule has 0 saturated carbocycles. The lowest BCUT2D eigenvalue weighted by atomic mass is 10.1. The minimum Gasteiger partial charge on any atom is -0.497 e. The molecule has 0 saturated heterocycles. The summed E-state index contributed by atoms with van der Waals surface area (Å²) < 4.78 is 34.7. The van der Waals surface area contributed by atoms with E-state index in [-0.39, 0.29) is 5.56 Å². The topological polar surface area (TPSA) is 57.0 Å². The van der Waals surface area contributed by atoms with Crippen molar-refractivity contribution in [2.75, 3.05) is 7.11 Å². The monoisotopic (exact) mass is 431 g/mol. The molecule has 0 bridgehead atoms. The maximum atomic E-state index is 14.0. The van der Waals surface area contributed by atoms with Gasteiger partial charge in [-0.2, -0.15) is 0 Å². The number of aromatic nitrogens is 3. The molecule has 30 heavy (non-hydrogen) atoms. The fourth-order valence-electron chi connectivity index (χ4n) is 2.96. The molecule has 0 aliphatic heterocycles. The van der Waals surface area contributed by atoms with Crippen LogP contribution in [0.25, 0.3) is 11.4 Å². The Kier molecular flexibility index (Phi) is 7.20. The second kappa shape index (κ2) is 9.84. The van der Waals surface area contributed by atoms with Crippen molar-refractivity contribution in [3.63, 3.8) is 0 Å². The number of nitrogens with zero attached hydrogens (tertiary/aromatic N) is 3. The maximum absolute atomic E-state index is 14.0. The number of halogens is 2. The van der Waals surface area contributed by atoms with E-state index in [0.29, 0.717) is 17.5 Å². The van der Waals surface area contributed by atoms with E-state index in [1.807, 2.05) is 28.8 Å². The summed E-state index contributed by atoms with van der Waals surface area (Å²) in [5, 5.41) is 8.49. The first-order valence-electron chi connectivity index (χ1n) is 9.68. The first-order valence-corrected chi connectivity index (χ1v) is 10.6. The van der Waals surface area contributed by atoms with Crippen molar-refractivity contribution in [1.29, 1.82) is 0 Å². The van der Waals surface area contributed by atoms with Gasteiger partial charge in [0.15, 0.2) is 16.8 Å². The van der Waals surface area contributed by atoms with Gasteiger partial charge < -0.3 is 9.30 Å². The number of hydrogen-bond acceptors (Lipinski definition) is 5. The highest BCUT2D eigenvalue weighted by molar-refractivity contribution is 8.00. The third kappa shape index (κ3) is 4.87. The van der Waals surface area contributed by atoms with Crippen LogP contribution in [0.4, 0.5) is 8.78 Å². The predicted octanol–water partition coefficient (Wildman–Crippen LogP) is 5.40. The van der Waals surface area contributed by atoms with Gasteiger partial charge >= 0.3 is 0 Å². The third-order valence-electron chi connectivity index (χ3n) is 4.65. The lowest BCUT2D eigenvalue weighted by Crippen LogP contribution is -2.16. The zero-order valence-corrected chi connectivity index (χ0v) is 17.9. The fourth-order valence-corrected chi connectivity index (χ4v) is 3.91. The second-order valence-corrected chi connectivity index (χ2v) is 8.10. The van der Waals surface area contributed by atoms with Crippen LogP contribution >= 0.6 is 11.8 Å². The lowest BCUT2D eigenvalue weighted by Gasteiger charge is -2.13. The number of rotatable bonds is 9. The number of carbonyl (C=O) groups is 1. The molecule has 158 valence electrons. The summed E-state index contributed by atoms with van der Waals surface area (Å²) in [6.07, 6.45) is 1.89. The van der Waals surface area contributed by atoms with E-state index in [9.17, 15) is 13.6 Å². The number of ether oxygens (including phenoxy) is 1. The van der Waals surface area contributed by atoms with Crippen LogP contribution in [0, 0.1) is 11.6 Å². The number of benzene rings is 2. The van der Waals surface area contributed by atoms with Crippen LogP contribution in [-0.2, 0) is 6.54 Å². The van der Waals surface area contributed by atoms with Crippen molar-refractivity contribution in [2.45, 2.75) is 43.6 Å². The molecular formula is C22H23F2N3O2S. The zero-order chi connectivity index (χ0) is 21.7. The predicted molar refractivity (Wildman–Crippen MR) is 113 cm³/mol. The summed E-state index contributed by atoms with van der Waals surface area (Å²) in [5.74, 6) is -0.451. The van der Waals surface area contributed by atoms with Gasteiger partial charge in [0.2, 0.25) is 0 Å². The van der Waals surface area contributed by atoms with Crippen molar-refractivity contribution in [1.82, 2.24) is 14.8 Å². The van der Waals surface area contributed by atoms with E-state index < -0.39 is 22.7 Å². The molecule has 5 nitrogen and oxygen atoms in total. The number of thioether (sulfide) groups is 1. The molecule has 0 fully saturated rings. The largest absolute Gasteiger partial charge is 0.497 e. The van der Waals surface area contributed by atoms with Crippen molar-refractivity contribution in [2.24, 2.45) is 0 Å². The average Bonchev–Trinajstić information content (AvgIpc) is 3.15. The van der Waals surface area contributed by atoms with Crippen molar-refractivity contribution in [3.8, 4) is 17.1 Å². The Bertz CT molecular complexity index is 1020. The van der Waals surface area contributed by atoms with Crippen LogP contribution in [0.15, 0.2) is 47.6 Å². The number of carbonyl (C=O) groups excluding carboxylic acids is 1. The molecule has 0 radical (unpaired) electrons. The fraction of sp³-hybridized carbons (Fsp3) is 0.318. The molecule has 0 spiro atoms. The molecule has 0 amide bonds. The Morgan fingerprint density at radius 1 is 1.17 bits per heavy atom. The van der Waals surface area contributed by atoms with Gasteiger partial charge in [-0.05, 0) is 55.8 Å². The van der Waals surface area contributed by atoms with Crippen LogP contribution < -0.4 is 4.74 Å². The van der Waals surface area contributed by atoms with Crippen LogP contribution in [0.5, 0.6) is 5.75 Å². The van der Waals surface area contributed by atoms with Gasteiger partial charge in [0, 0.05) is 12.1 Å². The zero-order valence-electron chi connectivity index (χ0n) is 17.1. The standard InChI is InChI=1S/C22H23F2N3O2S/c1-4-5-12-27-21(15-6-9-17(29-3)10-7-15)25-26-22(27)30-14(2)20(28)18-13-16(23)8-11-19(18)24/h6-11,13-14H,4-5,12H2,1-3H3. The normalized spacial score (nSPS) is 12.0. The second-order valence-electron chi connectivity index (χ2n) is 6.79. The molecule has 1 unspecified atom stereocenters. The van der Waals surface area contributed by atoms with E-state index in [4.69, 9.17) is 4.74 Å². The summed E-state index contributed by atoms with van der Waals surface area (Å²) in [4.78, 5) is 12.7. The number of ketones is 1. The summed E-state index contributed by atoms with van der Waals surface area (Å²) in [7, 11) is 1.60. The van der Waals surface area contributed by atoms with Gasteiger partial charge in [0.25, 0.3) is 0 Å². The number of unbranched alkanes of at least 4 members (excludes halogenated alkanes) is 1. The van der Waals surface area contributed by atoms with Crippen molar-refractivity contribution >= 4 is 17.5 Å². The van der Waals surface area contributed by atoms with Crippen LogP contribution in [0.1, 0.15) is 37.0 Å². The number of methoxy groups -OCH3 is 1. The van der Waals surface area contributed by atoms with E-state index in [1.165, 1.54) is 11.8 Å². The smallest absolute Gasteiger partial charge is 0.192 e. The van der Waals surface area contributed by atoms with Gasteiger partial charge in [0.1, 0.15) is 17.4 Å². The Morgan fingerprint density at radius 3 is 2.57 bits per heavy atom. The summed E-state index contributed by atoms with van der Waals surface area (Å²) in [6.45, 7) is 4.43. The minimum atomic E-state index is -0.736. The highest BCUT2D eigenvalue weighted by Crippen LogP contribution is 2.30. The molecule has 3 rings (SSSR count). The molecule has 0 N–H and O–H groups in total. The maximum Gasteiger partial charge on any atom is 0.192 e. The SMILES string of the molecule is CCCCn1c(SC(C)C(=O)c2cc(F)ccc2F)nnc1-c1ccc(OC)cc1. The van der Waals surface area contributed by atoms with E-state index >= 15 is 0 Å². The number of hydrogen-bond donors (Lipinski definition) is 0. The minimum absolute atomic E-state index is 0.259. The van der Waals surface area contributed by atoms with Crippen LogP contribution in [-0.4, -0.2) is 32.9 Å². The van der Waals surface area contributed by atoms with E-state index in [2.05, 4.69) is 17.1 Å². The van der Waals surface area contributed by atoms with Gasteiger partial charge in [-0.25, -0.2) is 8.78 Å². The van der Waals surface area contributed by atoms with Crippen molar-refractivity contribution < 1.29 is 18.3 Å².